The molecule has 0 radical (unpaired) electrons. The summed E-state index contributed by atoms with van der Waals surface area (Å²) in [6, 6.07) is 6.65. The summed E-state index contributed by atoms with van der Waals surface area (Å²) >= 11 is 5.76. The molecule has 0 saturated carbocycles. The highest BCUT2D eigenvalue weighted by atomic mass is 35.5. The molecule has 3 rings (SSSR count). The van der Waals surface area contributed by atoms with E-state index in [1.165, 1.54) is 6.07 Å². The summed E-state index contributed by atoms with van der Waals surface area (Å²) in [5.74, 6) is -0.282. The molecule has 0 spiro atoms. The van der Waals surface area contributed by atoms with Gasteiger partial charge in [0.15, 0.2) is 5.78 Å². The minimum Gasteiger partial charge on any atom is -0.317 e. The van der Waals surface area contributed by atoms with E-state index in [-0.39, 0.29) is 16.2 Å². The van der Waals surface area contributed by atoms with Crippen LogP contribution in [0.3, 0.4) is 0 Å². The van der Waals surface area contributed by atoms with Crippen LogP contribution in [-0.4, -0.2) is 10.4 Å². The number of carbonyl (C=O) groups excluding carboxylic acids is 1. The Kier molecular flexibility index (Phi) is 3.21. The normalized spacial score (nSPS) is 16.9. The van der Waals surface area contributed by atoms with E-state index in [0.717, 1.165) is 23.4 Å². The Labute approximate surface area is 128 Å². The molecule has 4 heteroatoms. The van der Waals surface area contributed by atoms with Crippen molar-refractivity contribution in [3.8, 4) is 5.69 Å². The minimum atomic E-state index is -0.447. The number of halogens is 2. The highest BCUT2D eigenvalue weighted by Gasteiger charge is 2.34. The fraction of sp³-hybridized carbons (Fsp3) is 0.353. The van der Waals surface area contributed by atoms with E-state index >= 15 is 0 Å². The van der Waals surface area contributed by atoms with Crippen LogP contribution in [0.1, 0.15) is 42.0 Å². The van der Waals surface area contributed by atoms with Crippen LogP contribution in [-0.2, 0) is 6.42 Å². The molecule has 1 aliphatic carbocycles. The SMILES string of the molecule is Cc1cc2c(n1-c1ccc(Cl)c(F)c1)CC(C)(C)CC2=O. The van der Waals surface area contributed by atoms with Crippen LogP contribution in [0.5, 0.6) is 0 Å². The number of fused-ring (bicyclic) bond motifs is 1. The van der Waals surface area contributed by atoms with Crippen molar-refractivity contribution in [1.29, 1.82) is 0 Å². The summed E-state index contributed by atoms with van der Waals surface area (Å²) in [5, 5.41) is 0.105. The Balaban J connectivity index is 2.20. The van der Waals surface area contributed by atoms with Crippen LogP contribution in [0.4, 0.5) is 4.39 Å². The minimum absolute atomic E-state index is 0.0718. The van der Waals surface area contributed by atoms with Gasteiger partial charge in [0.25, 0.3) is 0 Å². The van der Waals surface area contributed by atoms with Crippen molar-refractivity contribution in [3.05, 3.63) is 52.1 Å². The maximum Gasteiger partial charge on any atom is 0.165 e. The van der Waals surface area contributed by atoms with E-state index in [1.807, 2.05) is 17.6 Å². The first-order valence-corrected chi connectivity index (χ1v) is 7.36. The molecule has 21 heavy (non-hydrogen) atoms. The van der Waals surface area contributed by atoms with Gasteiger partial charge in [-0.3, -0.25) is 4.79 Å². The predicted octanol–water partition coefficient (Wildman–Crippen LogP) is 4.73. The molecule has 0 amide bonds. The first kappa shape index (κ1) is 14.3. The average Bonchev–Trinajstić information content (AvgIpc) is 2.68. The summed E-state index contributed by atoms with van der Waals surface area (Å²) in [5.41, 5.74) is 3.31. The molecule has 1 heterocycles. The number of nitrogens with zero attached hydrogens (tertiary/aromatic N) is 1. The lowest BCUT2D eigenvalue weighted by molar-refractivity contribution is 0.0911. The van der Waals surface area contributed by atoms with Crippen LogP contribution in [0.2, 0.25) is 5.02 Å². The fourth-order valence-electron chi connectivity index (χ4n) is 3.14. The third-order valence-corrected chi connectivity index (χ3v) is 4.34. The molecule has 0 saturated heterocycles. The number of benzene rings is 1. The second-order valence-corrected chi connectivity index (χ2v) is 6.93. The third kappa shape index (κ3) is 2.40. The second kappa shape index (κ2) is 4.70. The van der Waals surface area contributed by atoms with Gasteiger partial charge in [0.1, 0.15) is 5.82 Å². The summed E-state index contributed by atoms with van der Waals surface area (Å²) in [7, 11) is 0. The van der Waals surface area contributed by atoms with Gasteiger partial charge in [-0.15, -0.1) is 0 Å². The van der Waals surface area contributed by atoms with Crippen molar-refractivity contribution in [2.45, 2.75) is 33.6 Å². The van der Waals surface area contributed by atoms with Gasteiger partial charge in [-0.1, -0.05) is 25.4 Å². The molecule has 0 fully saturated rings. The second-order valence-electron chi connectivity index (χ2n) is 6.52. The van der Waals surface area contributed by atoms with Crippen molar-refractivity contribution >= 4 is 17.4 Å². The Hall–Kier alpha value is -1.61. The van der Waals surface area contributed by atoms with Crippen molar-refractivity contribution < 1.29 is 9.18 Å². The molecule has 2 nitrogen and oxygen atoms in total. The molecule has 0 bridgehead atoms. The van der Waals surface area contributed by atoms with Crippen molar-refractivity contribution in [1.82, 2.24) is 4.57 Å². The van der Waals surface area contributed by atoms with E-state index in [2.05, 4.69) is 13.8 Å². The van der Waals surface area contributed by atoms with Crippen molar-refractivity contribution in [3.63, 3.8) is 0 Å². The van der Waals surface area contributed by atoms with E-state index in [4.69, 9.17) is 11.6 Å². The standard InChI is InChI=1S/C17H17ClFNO/c1-10-6-12-15(8-17(2,3)9-16(12)21)20(10)11-4-5-13(18)14(19)7-11/h4-7H,8-9H2,1-3H3. The monoisotopic (exact) mass is 305 g/mol. The van der Waals surface area contributed by atoms with E-state index < -0.39 is 5.82 Å². The number of carbonyl (C=O) groups is 1. The van der Waals surface area contributed by atoms with Gasteiger partial charge in [0.2, 0.25) is 0 Å². The highest BCUT2D eigenvalue weighted by Crippen LogP contribution is 2.37. The Bertz CT molecular complexity index is 745. The molecular formula is C17H17ClFNO. The zero-order chi connectivity index (χ0) is 15.4. The average molecular weight is 306 g/mol. The maximum atomic E-state index is 13.8. The van der Waals surface area contributed by atoms with Gasteiger partial charge in [0.05, 0.1) is 5.02 Å². The van der Waals surface area contributed by atoms with Crippen LogP contribution in [0.25, 0.3) is 5.69 Å². The number of aryl methyl sites for hydroxylation is 1. The summed E-state index contributed by atoms with van der Waals surface area (Å²) in [6.45, 7) is 6.11. The lowest BCUT2D eigenvalue weighted by atomic mass is 9.76. The lowest BCUT2D eigenvalue weighted by Gasteiger charge is -2.29. The number of hydrogen-bond acceptors (Lipinski definition) is 1. The molecule has 1 aromatic carbocycles. The van der Waals surface area contributed by atoms with Crippen LogP contribution < -0.4 is 0 Å². The van der Waals surface area contributed by atoms with Gasteiger partial charge in [0, 0.05) is 29.1 Å². The van der Waals surface area contributed by atoms with E-state index in [1.54, 1.807) is 12.1 Å². The van der Waals surface area contributed by atoms with E-state index in [0.29, 0.717) is 12.1 Å². The summed E-state index contributed by atoms with van der Waals surface area (Å²) in [6.07, 6.45) is 1.35. The summed E-state index contributed by atoms with van der Waals surface area (Å²) < 4.78 is 15.7. The molecule has 0 unspecified atom stereocenters. The van der Waals surface area contributed by atoms with E-state index in [9.17, 15) is 9.18 Å². The quantitative estimate of drug-likeness (QED) is 0.746. The molecule has 0 aliphatic heterocycles. The van der Waals surface area contributed by atoms with Crippen LogP contribution in [0, 0.1) is 18.2 Å². The zero-order valence-electron chi connectivity index (χ0n) is 12.3. The third-order valence-electron chi connectivity index (χ3n) is 4.03. The molecule has 0 N–H and O–H groups in total. The Morgan fingerprint density at radius 1 is 1.24 bits per heavy atom. The van der Waals surface area contributed by atoms with Gasteiger partial charge in [-0.2, -0.15) is 0 Å². The van der Waals surface area contributed by atoms with Crippen molar-refractivity contribution in [2.75, 3.05) is 0 Å². The maximum absolute atomic E-state index is 13.8. The lowest BCUT2D eigenvalue weighted by Crippen LogP contribution is -2.27. The number of ketones is 1. The first-order valence-electron chi connectivity index (χ1n) is 6.98. The Morgan fingerprint density at radius 3 is 2.62 bits per heavy atom. The largest absolute Gasteiger partial charge is 0.317 e. The first-order chi connectivity index (χ1) is 9.78. The Morgan fingerprint density at radius 2 is 1.95 bits per heavy atom. The molecule has 1 aromatic heterocycles. The van der Waals surface area contributed by atoms with Gasteiger partial charge in [-0.05, 0) is 43.0 Å². The zero-order valence-corrected chi connectivity index (χ0v) is 13.1. The van der Waals surface area contributed by atoms with Gasteiger partial charge < -0.3 is 4.57 Å². The number of aromatic nitrogens is 1. The van der Waals surface area contributed by atoms with Crippen LogP contribution >= 0.6 is 11.6 Å². The molecule has 2 aromatic rings. The number of Topliss-reactive ketones (excluding diaryl/α,β-unsaturated/α-hetero) is 1. The topological polar surface area (TPSA) is 22.0 Å². The number of hydrogen-bond donors (Lipinski definition) is 0. The smallest absolute Gasteiger partial charge is 0.165 e. The van der Waals surface area contributed by atoms with Crippen molar-refractivity contribution in [2.24, 2.45) is 5.41 Å². The summed E-state index contributed by atoms with van der Waals surface area (Å²) in [4.78, 5) is 12.3. The van der Waals surface area contributed by atoms with Gasteiger partial charge >= 0.3 is 0 Å². The predicted molar refractivity (Wildman–Crippen MR) is 81.9 cm³/mol. The number of rotatable bonds is 1. The molecule has 0 atom stereocenters. The molecule has 1 aliphatic rings. The van der Waals surface area contributed by atoms with Gasteiger partial charge in [-0.25, -0.2) is 4.39 Å². The fourth-order valence-corrected chi connectivity index (χ4v) is 3.25. The molecule has 110 valence electrons. The molecular weight excluding hydrogens is 289 g/mol. The van der Waals surface area contributed by atoms with Crippen LogP contribution in [0.15, 0.2) is 24.3 Å². The highest BCUT2D eigenvalue weighted by molar-refractivity contribution is 6.30.